The first-order chi connectivity index (χ1) is 52.9. The third kappa shape index (κ3) is 23.7. The smallest absolute Gasteiger partial charge is 0.325 e. The number of aliphatic hydroxyl groups is 3. The summed E-state index contributed by atoms with van der Waals surface area (Å²) in [6.07, 6.45) is 9.71. The summed E-state index contributed by atoms with van der Waals surface area (Å²) in [7, 11) is 0. The Balaban J connectivity index is 0.000000202. The molecule has 3 heterocycles. The van der Waals surface area contributed by atoms with Gasteiger partial charge in [0.05, 0.1) is 49.0 Å². The van der Waals surface area contributed by atoms with Crippen LogP contribution in [-0.2, 0) is 65.7 Å². The number of aryl methyl sites for hydroxylation is 2. The number of benzene rings is 12. The summed E-state index contributed by atoms with van der Waals surface area (Å²) in [5, 5.41) is 41.2. The van der Waals surface area contributed by atoms with Crippen molar-refractivity contribution in [3.8, 4) is 67.2 Å². The summed E-state index contributed by atoms with van der Waals surface area (Å²) in [5.41, 5.74) is 16.6. The zero-order chi connectivity index (χ0) is 79.7. The van der Waals surface area contributed by atoms with Crippen LogP contribution in [-0.4, -0.2) is 62.0 Å². The Morgan fingerprint density at radius 2 is 0.737 bits per heavy atom. The molecule has 114 heavy (non-hydrogen) atoms. The minimum Gasteiger partial charge on any atom is -0.512 e. The first-order valence-corrected chi connectivity index (χ1v) is 37.3. The van der Waals surface area contributed by atoms with Crippen LogP contribution in [0.15, 0.2) is 309 Å². The molecule has 3 radical (unpaired) electrons. The molecule has 0 saturated heterocycles. The van der Waals surface area contributed by atoms with Gasteiger partial charge in [-0.2, -0.15) is 0 Å². The summed E-state index contributed by atoms with van der Waals surface area (Å²) in [6, 6.07) is 99.9. The fraction of sp³-hybridized carbons (Fsp3) is 0.176. The van der Waals surface area contributed by atoms with Crippen molar-refractivity contribution in [1.82, 2.24) is 15.0 Å². The van der Waals surface area contributed by atoms with E-state index in [-0.39, 0.29) is 111 Å². The van der Waals surface area contributed by atoms with Crippen LogP contribution in [0.1, 0.15) is 107 Å². The first-order valence-electron chi connectivity index (χ1n) is 37.3. The fourth-order valence-electron chi connectivity index (χ4n) is 12.8. The number of rotatable bonds is 9. The van der Waals surface area contributed by atoms with Gasteiger partial charge >= 0.3 is 17.3 Å². The standard InChI is InChI=1S/C29H24N.2C26H18N.C11H20O2.2C5H8O2.3Ir/c1-29(2,3)24-14-16-25-23(19-24)13-15-27-26(25)17-18-30-28(27)22-11-9-21(10-12-22)20-7-5-4-6-8-20;1-18-6-2-4-8-22(18)20-10-12-21(13-11-20)26-25-15-14-19-7-3-5-9-23(19)24(25)16-17-27-26;1-18-17-21(12-13-22(18)19-7-3-2-4-8-19)26-25-14-11-20-9-5-6-10-23(20)24(25)15-16-27-26;1-10(2,3)8(12)7-9(13)11(4,5)6;2*1-4(6)3-5(2)7;;;/h4-11,13-19H,1-3H3;2-12,14-17H,1H3;2-11,13-17H,1H3;7,12H,1-6H3;2*3,6H,1-2H3;;;/q3*-1;;;;;;/p+3. The summed E-state index contributed by atoms with van der Waals surface area (Å²) in [6.45, 7) is 28.4. The minimum absolute atomic E-state index is 0. The van der Waals surface area contributed by atoms with E-state index >= 15 is 0 Å². The van der Waals surface area contributed by atoms with Crippen molar-refractivity contribution in [3.63, 3.8) is 0 Å². The molecule has 0 aliphatic rings. The predicted molar refractivity (Wildman–Crippen MR) is 470 cm³/mol. The molecule has 0 aliphatic heterocycles. The van der Waals surface area contributed by atoms with Crippen LogP contribution in [0, 0.1) is 42.9 Å². The van der Waals surface area contributed by atoms with E-state index < -0.39 is 0 Å². The normalized spacial score (nSPS) is 11.4. The van der Waals surface area contributed by atoms with Crippen molar-refractivity contribution >= 4 is 82.0 Å². The Morgan fingerprint density at radius 1 is 0.333 bits per heavy atom. The number of aliphatic hydroxyl groups excluding tert-OH is 3. The van der Waals surface area contributed by atoms with E-state index in [2.05, 4.69) is 300 Å². The molecule has 6 N–H and O–H groups in total. The third-order valence-corrected chi connectivity index (χ3v) is 18.8. The zero-order valence-corrected chi connectivity index (χ0v) is 74.4. The fourth-order valence-corrected chi connectivity index (χ4v) is 12.8. The average Bonchev–Trinajstić information content (AvgIpc) is 0.771. The Kier molecular flexibility index (Phi) is 32.4. The van der Waals surface area contributed by atoms with Crippen LogP contribution >= 0.6 is 0 Å². The van der Waals surface area contributed by atoms with Gasteiger partial charge in [-0.05, 0) is 152 Å². The molecule has 0 aliphatic carbocycles. The van der Waals surface area contributed by atoms with Crippen LogP contribution in [0.25, 0.3) is 132 Å². The minimum atomic E-state index is -0.306. The Labute approximate surface area is 712 Å². The number of aromatic nitrogens is 3. The molecule has 0 atom stereocenters. The van der Waals surface area contributed by atoms with Gasteiger partial charge in [-0.25, -0.2) is 0 Å². The number of pyridine rings is 3. The van der Waals surface area contributed by atoms with Crippen LogP contribution in [0.2, 0.25) is 0 Å². The molecule has 15 aromatic rings. The Bertz CT molecular complexity index is 5900. The van der Waals surface area contributed by atoms with E-state index in [0.29, 0.717) is 0 Å². The quantitative estimate of drug-likeness (QED) is 0.0428. The van der Waals surface area contributed by atoms with E-state index in [0.717, 1.165) is 44.5 Å². The van der Waals surface area contributed by atoms with Gasteiger partial charge in [0.15, 0.2) is 0 Å². The van der Waals surface area contributed by atoms with Gasteiger partial charge in [0, 0.05) is 84.3 Å². The number of hydrogen-bond acceptors (Lipinski definition) is 6. The maximum atomic E-state index is 9.60. The molecule has 0 saturated carbocycles. The molecule has 0 bridgehead atoms. The second-order valence-electron chi connectivity index (χ2n) is 30.8. The van der Waals surface area contributed by atoms with Gasteiger partial charge in [0.1, 0.15) is 5.76 Å². The Hall–Kier alpha value is -10.8. The molecule has 9 nitrogen and oxygen atoms in total. The van der Waals surface area contributed by atoms with Crippen LogP contribution in [0.3, 0.4) is 0 Å². The number of hydrogen-bond donors (Lipinski definition) is 3. The van der Waals surface area contributed by atoms with Crippen molar-refractivity contribution in [2.45, 2.75) is 109 Å². The first kappa shape index (κ1) is 90.4. The number of ketones is 3. The molecular weight excluding hydrogens is 1940 g/mol. The summed E-state index contributed by atoms with van der Waals surface area (Å²) in [4.78, 5) is 40.5. The van der Waals surface area contributed by atoms with Gasteiger partial charge in [-0.1, -0.05) is 275 Å². The van der Waals surface area contributed by atoms with Crippen LogP contribution in [0.5, 0.6) is 0 Å². The van der Waals surface area contributed by atoms with Gasteiger partial charge in [0.2, 0.25) is 0 Å². The maximum Gasteiger partial charge on any atom is 0.325 e. The largest absolute Gasteiger partial charge is 0.512 e. The second-order valence-corrected chi connectivity index (χ2v) is 30.8. The van der Waals surface area contributed by atoms with Crippen molar-refractivity contribution in [1.29, 1.82) is 0 Å². The zero-order valence-electron chi connectivity index (χ0n) is 67.2. The van der Waals surface area contributed by atoms with Gasteiger partial charge < -0.3 is 30.3 Å². The van der Waals surface area contributed by atoms with E-state index in [1.807, 2.05) is 72.3 Å². The van der Waals surface area contributed by atoms with Crippen molar-refractivity contribution < 1.29 is 90.0 Å². The Morgan fingerprint density at radius 3 is 1.15 bits per heavy atom. The van der Waals surface area contributed by atoms with E-state index in [1.165, 1.54) is 150 Å². The molecule has 0 unspecified atom stereocenters. The second kappa shape index (κ2) is 40.8. The molecule has 15 rings (SSSR count). The summed E-state index contributed by atoms with van der Waals surface area (Å²) in [5.74, 6) is 0.917. The number of allylic oxidation sites excluding steroid dienone is 6. The molecule has 0 fully saturated rings. The van der Waals surface area contributed by atoms with E-state index in [4.69, 9.17) is 29.8 Å². The van der Waals surface area contributed by atoms with E-state index in [1.54, 1.807) is 0 Å². The van der Waals surface area contributed by atoms with E-state index in [9.17, 15) is 9.90 Å². The SMILES string of the molecule is CC(=[OH+])C=C(C)O.CC(=[OH+])C=C(C)O.CC(C)(C)C(=[OH+])C=C(O)C(C)(C)C.CC(C)(C)c1ccc2c(ccc3c(-c4[c-]cc(-c5ccccc5)cc4)nccc32)c1.Cc1cc(-c2nccc3c2ccc2ccccc23)[c-]cc1-c1ccccc1.Cc1ccccc1-c1c[c-]c(-c2nccc3c2ccc2ccccc23)cc1.[Ir].[Ir].[Ir]. The van der Waals surface area contributed by atoms with Crippen molar-refractivity contribution in [2.75, 3.05) is 0 Å². The molecule has 12 heteroatoms. The molecule has 0 spiro atoms. The average molecular weight is 2040 g/mol. The van der Waals surface area contributed by atoms with Crippen LogP contribution in [0.4, 0.5) is 0 Å². The molecule has 3 aromatic heterocycles. The predicted octanol–water partition coefficient (Wildman–Crippen LogP) is 26.6. The van der Waals surface area contributed by atoms with Gasteiger partial charge in [-0.3, -0.25) is 14.4 Å². The summed E-state index contributed by atoms with van der Waals surface area (Å²) < 4.78 is 0. The molecule has 585 valence electrons. The number of fused-ring (bicyclic) bond motifs is 9. The molecular formula is C102H99Ir3N3O6. The van der Waals surface area contributed by atoms with Crippen molar-refractivity contribution in [3.05, 3.63) is 344 Å². The third-order valence-electron chi connectivity index (χ3n) is 18.8. The molecule has 12 aromatic carbocycles. The monoisotopic (exact) mass is 2040 g/mol. The summed E-state index contributed by atoms with van der Waals surface area (Å²) >= 11 is 0. The topological polar surface area (TPSA) is 164 Å². The molecule has 0 amide bonds. The van der Waals surface area contributed by atoms with Gasteiger partial charge in [0.25, 0.3) is 0 Å². The number of carbonyl (C=O) groups excluding carboxylic acids is 3. The van der Waals surface area contributed by atoms with Crippen molar-refractivity contribution in [2.24, 2.45) is 10.8 Å². The van der Waals surface area contributed by atoms with Crippen LogP contribution < -0.4 is 0 Å². The maximum absolute atomic E-state index is 9.60. The number of nitrogens with zero attached hydrogens (tertiary/aromatic N) is 3. The van der Waals surface area contributed by atoms with Gasteiger partial charge in [-0.15, -0.1) is 89.0 Å².